The van der Waals surface area contributed by atoms with Crippen molar-refractivity contribution in [1.82, 2.24) is 10.2 Å². The minimum atomic E-state index is 0.340. The molecule has 0 unspecified atom stereocenters. The first-order valence-corrected chi connectivity index (χ1v) is 11.0. The molecule has 6 heteroatoms. The maximum absolute atomic E-state index is 5.70. The molecule has 0 atom stereocenters. The smallest absolute Gasteiger partial charge is 0.170 e. The van der Waals surface area contributed by atoms with Crippen LogP contribution in [0, 0.1) is 5.41 Å². The molecular formula is C22H45N5S. The highest BCUT2D eigenvalue weighted by Gasteiger charge is 2.13. The number of hydrogen-bond donors (Lipinski definition) is 4. The van der Waals surface area contributed by atoms with E-state index in [0.717, 1.165) is 44.0 Å². The zero-order valence-corrected chi connectivity index (χ0v) is 20.1. The number of nitrogens with two attached hydrogens (primary N) is 2. The second-order valence-corrected chi connectivity index (χ2v) is 8.06. The first-order chi connectivity index (χ1) is 13.2. The standard InChI is InChI=1S/C17H31N5S.C3H8.C2H6/c1-17(2,3)8-11-22(12-9-18)13-10-20-16(23)21-15-6-4-14(19)5-7-15;1-3-2;1-2/h4-7H,8-13,18-19H2,1-3H3,(H2,20,21,23);3H2,1-2H3;1-2H3. The molecule has 164 valence electrons. The molecule has 0 aromatic heterocycles. The van der Waals surface area contributed by atoms with Gasteiger partial charge in [0.15, 0.2) is 5.11 Å². The summed E-state index contributed by atoms with van der Waals surface area (Å²) in [5.41, 5.74) is 13.4. The van der Waals surface area contributed by atoms with Crippen LogP contribution in [0.15, 0.2) is 24.3 Å². The number of nitrogen functional groups attached to an aromatic ring is 1. The lowest BCUT2D eigenvalue weighted by Gasteiger charge is -2.26. The lowest BCUT2D eigenvalue weighted by molar-refractivity contribution is 0.235. The van der Waals surface area contributed by atoms with Gasteiger partial charge in [-0.2, -0.15) is 0 Å². The molecule has 0 aliphatic carbocycles. The molecule has 0 fully saturated rings. The molecule has 0 heterocycles. The van der Waals surface area contributed by atoms with Gasteiger partial charge in [-0.15, -0.1) is 0 Å². The fourth-order valence-electron chi connectivity index (χ4n) is 2.08. The maximum atomic E-state index is 5.70. The van der Waals surface area contributed by atoms with Gasteiger partial charge in [-0.25, -0.2) is 0 Å². The van der Waals surface area contributed by atoms with Crippen LogP contribution in [0.4, 0.5) is 11.4 Å². The first-order valence-electron chi connectivity index (χ1n) is 10.5. The van der Waals surface area contributed by atoms with Crippen molar-refractivity contribution in [1.29, 1.82) is 0 Å². The number of nitrogens with zero attached hydrogens (tertiary/aromatic N) is 1. The molecule has 0 amide bonds. The Morgan fingerprint density at radius 1 is 1.04 bits per heavy atom. The molecule has 5 nitrogen and oxygen atoms in total. The number of hydrogen-bond acceptors (Lipinski definition) is 4. The van der Waals surface area contributed by atoms with Gasteiger partial charge in [-0.1, -0.05) is 54.9 Å². The summed E-state index contributed by atoms with van der Waals surface area (Å²) in [6.45, 7) is 19.4. The Bertz CT molecular complexity index is 483. The maximum Gasteiger partial charge on any atom is 0.170 e. The minimum Gasteiger partial charge on any atom is -0.399 e. The van der Waals surface area contributed by atoms with E-state index in [4.69, 9.17) is 23.7 Å². The van der Waals surface area contributed by atoms with Crippen molar-refractivity contribution < 1.29 is 0 Å². The van der Waals surface area contributed by atoms with E-state index in [-0.39, 0.29) is 0 Å². The van der Waals surface area contributed by atoms with Crippen LogP contribution in [0.2, 0.25) is 0 Å². The van der Waals surface area contributed by atoms with Crippen LogP contribution in [0.25, 0.3) is 0 Å². The van der Waals surface area contributed by atoms with Crippen LogP contribution in [0.1, 0.15) is 61.3 Å². The van der Waals surface area contributed by atoms with E-state index in [1.165, 1.54) is 6.42 Å². The van der Waals surface area contributed by atoms with Crippen molar-refractivity contribution in [3.05, 3.63) is 24.3 Å². The molecule has 28 heavy (non-hydrogen) atoms. The topological polar surface area (TPSA) is 79.3 Å². The molecule has 1 aromatic carbocycles. The van der Waals surface area contributed by atoms with Crippen molar-refractivity contribution in [2.24, 2.45) is 11.1 Å². The van der Waals surface area contributed by atoms with Gasteiger partial charge in [-0.05, 0) is 54.9 Å². The third-order valence-electron chi connectivity index (χ3n) is 3.51. The predicted molar refractivity (Wildman–Crippen MR) is 132 cm³/mol. The third-order valence-corrected chi connectivity index (χ3v) is 3.75. The lowest BCUT2D eigenvalue weighted by Crippen LogP contribution is -2.40. The van der Waals surface area contributed by atoms with Crippen LogP contribution in [0.5, 0.6) is 0 Å². The highest BCUT2D eigenvalue weighted by molar-refractivity contribution is 7.80. The Kier molecular flexibility index (Phi) is 18.2. The van der Waals surface area contributed by atoms with Crippen molar-refractivity contribution >= 4 is 28.7 Å². The summed E-state index contributed by atoms with van der Waals surface area (Å²) in [5, 5.41) is 7.01. The number of anilines is 2. The summed E-state index contributed by atoms with van der Waals surface area (Å²) in [7, 11) is 0. The molecule has 0 saturated heterocycles. The van der Waals surface area contributed by atoms with Gasteiger partial charge < -0.3 is 27.0 Å². The highest BCUT2D eigenvalue weighted by atomic mass is 32.1. The van der Waals surface area contributed by atoms with Gasteiger partial charge >= 0.3 is 0 Å². The molecule has 0 bridgehead atoms. The molecule has 0 aliphatic rings. The SMILES string of the molecule is CC.CC(C)(C)CCN(CCN)CCNC(=S)Nc1ccc(N)cc1.CCC. The zero-order valence-electron chi connectivity index (χ0n) is 19.3. The highest BCUT2D eigenvalue weighted by Crippen LogP contribution is 2.18. The molecule has 0 spiro atoms. The summed E-state index contributed by atoms with van der Waals surface area (Å²) >= 11 is 5.31. The fraction of sp³-hybridized carbons (Fsp3) is 0.682. The zero-order chi connectivity index (χ0) is 22.0. The van der Waals surface area contributed by atoms with E-state index in [2.05, 4.69) is 50.2 Å². The first kappa shape index (κ1) is 28.8. The van der Waals surface area contributed by atoms with Crippen molar-refractivity contribution in [2.75, 3.05) is 43.8 Å². The lowest BCUT2D eigenvalue weighted by atomic mass is 9.92. The molecule has 6 N–H and O–H groups in total. The summed E-state index contributed by atoms with van der Waals surface area (Å²) in [5.74, 6) is 0. The summed E-state index contributed by atoms with van der Waals surface area (Å²) in [6.07, 6.45) is 2.40. The Morgan fingerprint density at radius 3 is 2.04 bits per heavy atom. The number of nitrogens with one attached hydrogen (secondary N) is 2. The fourth-order valence-corrected chi connectivity index (χ4v) is 2.30. The van der Waals surface area contributed by atoms with Crippen LogP contribution in [0.3, 0.4) is 0 Å². The van der Waals surface area contributed by atoms with E-state index >= 15 is 0 Å². The Hall–Kier alpha value is -1.37. The molecule has 1 aromatic rings. The van der Waals surface area contributed by atoms with Gasteiger partial charge in [-0.3, -0.25) is 0 Å². The van der Waals surface area contributed by atoms with Gasteiger partial charge in [0, 0.05) is 37.6 Å². The van der Waals surface area contributed by atoms with Crippen LogP contribution in [-0.4, -0.2) is 42.7 Å². The summed E-state index contributed by atoms with van der Waals surface area (Å²) in [4.78, 5) is 2.38. The van der Waals surface area contributed by atoms with E-state index < -0.39 is 0 Å². The van der Waals surface area contributed by atoms with E-state index in [0.29, 0.717) is 17.1 Å². The van der Waals surface area contributed by atoms with Crippen molar-refractivity contribution in [3.63, 3.8) is 0 Å². The van der Waals surface area contributed by atoms with Crippen molar-refractivity contribution in [3.8, 4) is 0 Å². The van der Waals surface area contributed by atoms with Crippen LogP contribution >= 0.6 is 12.2 Å². The van der Waals surface area contributed by atoms with Gasteiger partial charge in [0.1, 0.15) is 0 Å². The minimum absolute atomic E-state index is 0.340. The summed E-state index contributed by atoms with van der Waals surface area (Å²) < 4.78 is 0. The largest absolute Gasteiger partial charge is 0.399 e. The van der Waals surface area contributed by atoms with Crippen molar-refractivity contribution in [2.45, 2.75) is 61.3 Å². The van der Waals surface area contributed by atoms with E-state index in [9.17, 15) is 0 Å². The molecule has 0 radical (unpaired) electrons. The van der Waals surface area contributed by atoms with E-state index in [1.54, 1.807) is 0 Å². The number of thiocarbonyl (C=S) groups is 1. The van der Waals surface area contributed by atoms with Gasteiger partial charge in [0.05, 0.1) is 0 Å². The normalized spacial score (nSPS) is 10.3. The van der Waals surface area contributed by atoms with Crippen LogP contribution < -0.4 is 22.1 Å². The second-order valence-electron chi connectivity index (χ2n) is 7.65. The number of benzene rings is 1. The molecular weight excluding hydrogens is 366 g/mol. The van der Waals surface area contributed by atoms with Gasteiger partial charge in [0.25, 0.3) is 0 Å². The molecule has 1 rings (SSSR count). The Balaban J connectivity index is 0. The molecule has 0 aliphatic heterocycles. The Morgan fingerprint density at radius 2 is 1.57 bits per heavy atom. The number of rotatable bonds is 8. The average Bonchev–Trinajstić information content (AvgIpc) is 2.63. The van der Waals surface area contributed by atoms with Crippen LogP contribution in [-0.2, 0) is 0 Å². The van der Waals surface area contributed by atoms with E-state index in [1.807, 2.05) is 38.1 Å². The summed E-state index contributed by atoms with van der Waals surface area (Å²) in [6, 6.07) is 7.52. The average molecular weight is 412 g/mol. The predicted octanol–water partition coefficient (Wildman–Crippen LogP) is 4.69. The third kappa shape index (κ3) is 18.0. The molecule has 0 saturated carbocycles. The van der Waals surface area contributed by atoms with Gasteiger partial charge in [0.2, 0.25) is 0 Å². The monoisotopic (exact) mass is 411 g/mol. The second kappa shape index (κ2) is 17.7. The Labute approximate surface area is 179 Å². The quantitative estimate of drug-likeness (QED) is 0.367.